The van der Waals surface area contributed by atoms with Crippen molar-refractivity contribution in [3.63, 3.8) is 0 Å². The predicted molar refractivity (Wildman–Crippen MR) is 170 cm³/mol. The highest BCUT2D eigenvalue weighted by molar-refractivity contribution is 7.92. The minimum atomic E-state index is -3.43. The average molecular weight is 598 g/mol. The van der Waals surface area contributed by atoms with Crippen LogP contribution in [0, 0.1) is 13.5 Å². The highest BCUT2D eigenvalue weighted by Gasteiger charge is 2.18. The molecule has 0 radical (unpaired) electrons. The van der Waals surface area contributed by atoms with Gasteiger partial charge in [0.25, 0.3) is 0 Å². The van der Waals surface area contributed by atoms with Crippen molar-refractivity contribution >= 4 is 27.1 Å². The van der Waals surface area contributed by atoms with Crippen LogP contribution in [-0.4, -0.2) is 33.5 Å². The summed E-state index contributed by atoms with van der Waals surface area (Å²) in [6, 6.07) is 28.7. The van der Waals surface area contributed by atoms with Crippen molar-refractivity contribution in [2.24, 2.45) is 0 Å². The molecule has 1 fully saturated rings. The molecule has 1 aliphatic rings. The first-order valence-corrected chi connectivity index (χ1v) is 15.9. The molecule has 0 bridgehead atoms. The second kappa shape index (κ2) is 13.6. The molecule has 0 saturated carbocycles. The van der Waals surface area contributed by atoms with Gasteiger partial charge < -0.3 is 19.1 Å². The highest BCUT2D eigenvalue weighted by Crippen LogP contribution is 2.32. The average Bonchev–Trinajstić information content (AvgIpc) is 3.52. The van der Waals surface area contributed by atoms with Crippen LogP contribution in [0.3, 0.4) is 0 Å². The SMILES string of the molecule is [C-]#[N+]c1ccc(CN(Cc2ccc(Oc3cccc(OC4CCOC4)c3)cc2)c2cccc(NS(=O)(=O)CC)c2C)cc1. The first-order chi connectivity index (χ1) is 20.8. The fourth-order valence-electron chi connectivity index (χ4n) is 4.87. The quantitative estimate of drug-likeness (QED) is 0.171. The lowest BCUT2D eigenvalue weighted by Gasteiger charge is -2.28. The number of hydrogen-bond acceptors (Lipinski definition) is 6. The van der Waals surface area contributed by atoms with Crippen LogP contribution in [0.1, 0.15) is 30.0 Å². The molecule has 4 aromatic carbocycles. The van der Waals surface area contributed by atoms with Crippen LogP contribution < -0.4 is 19.1 Å². The molecule has 1 unspecified atom stereocenters. The topological polar surface area (TPSA) is 81.5 Å². The van der Waals surface area contributed by atoms with E-state index in [1.54, 1.807) is 13.0 Å². The molecule has 0 spiro atoms. The van der Waals surface area contributed by atoms with Gasteiger partial charge in [-0.25, -0.2) is 13.3 Å². The van der Waals surface area contributed by atoms with E-state index in [-0.39, 0.29) is 11.9 Å². The summed E-state index contributed by atoms with van der Waals surface area (Å²) in [5.74, 6) is 2.15. The van der Waals surface area contributed by atoms with Gasteiger partial charge in [0.2, 0.25) is 10.0 Å². The van der Waals surface area contributed by atoms with Gasteiger partial charge in [0.1, 0.15) is 23.4 Å². The van der Waals surface area contributed by atoms with Gasteiger partial charge in [-0.3, -0.25) is 4.72 Å². The maximum atomic E-state index is 12.3. The number of hydrogen-bond donors (Lipinski definition) is 1. The summed E-state index contributed by atoms with van der Waals surface area (Å²) in [5, 5.41) is 0. The Kier molecular flexibility index (Phi) is 9.50. The van der Waals surface area contributed by atoms with Crippen LogP contribution in [0.5, 0.6) is 17.2 Å². The summed E-state index contributed by atoms with van der Waals surface area (Å²) in [6.07, 6.45) is 0.952. The molecular formula is C34H35N3O5S. The molecule has 1 saturated heterocycles. The molecule has 0 amide bonds. The number of nitrogens with zero attached hydrogens (tertiary/aromatic N) is 2. The normalized spacial score (nSPS) is 14.6. The van der Waals surface area contributed by atoms with Gasteiger partial charge in [0.05, 0.1) is 31.2 Å². The number of benzene rings is 4. The zero-order valence-electron chi connectivity index (χ0n) is 24.3. The Morgan fingerprint density at radius 3 is 2.26 bits per heavy atom. The third kappa shape index (κ3) is 8.07. The summed E-state index contributed by atoms with van der Waals surface area (Å²) in [6.45, 7) is 13.3. The number of ether oxygens (including phenoxy) is 3. The van der Waals surface area contributed by atoms with E-state index in [0.717, 1.165) is 41.2 Å². The van der Waals surface area contributed by atoms with E-state index in [9.17, 15) is 8.42 Å². The van der Waals surface area contributed by atoms with Crippen molar-refractivity contribution in [3.05, 3.63) is 119 Å². The maximum absolute atomic E-state index is 12.3. The van der Waals surface area contributed by atoms with Gasteiger partial charge in [-0.2, -0.15) is 0 Å². The Bertz CT molecular complexity index is 1680. The molecule has 1 N–H and O–H groups in total. The molecule has 0 aromatic heterocycles. The van der Waals surface area contributed by atoms with Crippen molar-refractivity contribution in [1.82, 2.24) is 0 Å². The number of sulfonamides is 1. The zero-order chi connectivity index (χ0) is 30.2. The van der Waals surface area contributed by atoms with Crippen LogP contribution in [-0.2, 0) is 27.8 Å². The first-order valence-electron chi connectivity index (χ1n) is 14.2. The van der Waals surface area contributed by atoms with Gasteiger partial charge in [0, 0.05) is 31.3 Å². The van der Waals surface area contributed by atoms with Gasteiger partial charge in [-0.15, -0.1) is 0 Å². The third-order valence-corrected chi connectivity index (χ3v) is 8.55. The van der Waals surface area contributed by atoms with E-state index in [1.165, 1.54) is 0 Å². The summed E-state index contributed by atoms with van der Waals surface area (Å²) in [4.78, 5) is 5.70. The van der Waals surface area contributed by atoms with Gasteiger partial charge in [-0.05, 0) is 66.9 Å². The number of anilines is 2. The molecule has 43 heavy (non-hydrogen) atoms. The van der Waals surface area contributed by atoms with Crippen molar-refractivity contribution < 1.29 is 22.6 Å². The molecule has 1 heterocycles. The Balaban J connectivity index is 1.35. The molecule has 8 nitrogen and oxygen atoms in total. The third-order valence-electron chi connectivity index (χ3n) is 7.26. The molecule has 1 aliphatic heterocycles. The Morgan fingerprint density at radius 1 is 0.930 bits per heavy atom. The fourth-order valence-corrected chi connectivity index (χ4v) is 5.57. The second-order valence-corrected chi connectivity index (χ2v) is 12.4. The standard InChI is InChI=1S/C34H35N3O5S/c1-4-43(38,39)36-33-9-6-10-34(25(33)2)37(22-26-11-15-28(35-3)16-12-26)23-27-13-17-29(18-14-27)41-30-7-5-8-31(21-30)42-32-19-20-40-24-32/h5-18,21,32,36H,4,19-20,22-24H2,1-2H3. The minimum Gasteiger partial charge on any atom is -0.488 e. The molecule has 0 aliphatic carbocycles. The Morgan fingerprint density at radius 2 is 1.60 bits per heavy atom. The summed E-state index contributed by atoms with van der Waals surface area (Å²) < 4.78 is 44.9. The van der Waals surface area contributed by atoms with E-state index in [0.29, 0.717) is 42.6 Å². The van der Waals surface area contributed by atoms with Gasteiger partial charge >= 0.3 is 0 Å². The van der Waals surface area contributed by atoms with Gasteiger partial charge in [-0.1, -0.05) is 48.5 Å². The lowest BCUT2D eigenvalue weighted by Crippen LogP contribution is -2.24. The van der Waals surface area contributed by atoms with Crippen LogP contribution in [0.2, 0.25) is 0 Å². The molecular weight excluding hydrogens is 562 g/mol. The van der Waals surface area contributed by atoms with E-state index in [2.05, 4.69) is 14.5 Å². The van der Waals surface area contributed by atoms with E-state index in [4.69, 9.17) is 20.8 Å². The van der Waals surface area contributed by atoms with Crippen molar-refractivity contribution in [1.29, 1.82) is 0 Å². The lowest BCUT2D eigenvalue weighted by atomic mass is 10.1. The van der Waals surface area contributed by atoms with Crippen molar-refractivity contribution in [2.75, 3.05) is 28.6 Å². The highest BCUT2D eigenvalue weighted by atomic mass is 32.2. The monoisotopic (exact) mass is 597 g/mol. The van der Waals surface area contributed by atoms with Gasteiger partial charge in [0.15, 0.2) is 5.69 Å². The van der Waals surface area contributed by atoms with Crippen molar-refractivity contribution in [2.45, 2.75) is 39.5 Å². The van der Waals surface area contributed by atoms with Crippen LogP contribution in [0.25, 0.3) is 4.85 Å². The molecule has 9 heteroatoms. The Hall–Kier alpha value is -4.52. The Labute approximate surface area is 253 Å². The van der Waals surface area contributed by atoms with E-state index in [1.807, 2.05) is 91.9 Å². The number of rotatable bonds is 12. The fraction of sp³-hybridized carbons (Fsp3) is 0.265. The zero-order valence-corrected chi connectivity index (χ0v) is 25.1. The summed E-state index contributed by atoms with van der Waals surface area (Å²) in [5.41, 5.74) is 4.99. The predicted octanol–water partition coefficient (Wildman–Crippen LogP) is 7.47. The first kappa shape index (κ1) is 30.0. The largest absolute Gasteiger partial charge is 0.488 e. The number of nitrogens with one attached hydrogen (secondary N) is 1. The van der Waals surface area contributed by atoms with E-state index >= 15 is 0 Å². The summed E-state index contributed by atoms with van der Waals surface area (Å²) >= 11 is 0. The summed E-state index contributed by atoms with van der Waals surface area (Å²) in [7, 11) is -3.43. The van der Waals surface area contributed by atoms with Crippen LogP contribution >= 0.6 is 0 Å². The molecule has 4 aromatic rings. The van der Waals surface area contributed by atoms with Crippen molar-refractivity contribution in [3.8, 4) is 17.2 Å². The van der Waals surface area contributed by atoms with E-state index < -0.39 is 10.0 Å². The minimum absolute atomic E-state index is 0.00496. The lowest BCUT2D eigenvalue weighted by molar-refractivity contribution is 0.141. The van der Waals surface area contributed by atoms with Crippen LogP contribution in [0.4, 0.5) is 17.1 Å². The molecule has 5 rings (SSSR count). The second-order valence-electron chi connectivity index (χ2n) is 10.4. The molecule has 1 atom stereocenters. The smallest absolute Gasteiger partial charge is 0.232 e. The molecule has 222 valence electrons. The maximum Gasteiger partial charge on any atom is 0.232 e. The van der Waals surface area contributed by atoms with Crippen LogP contribution in [0.15, 0.2) is 91.0 Å².